The van der Waals surface area contributed by atoms with E-state index < -0.39 is 23.4 Å². The summed E-state index contributed by atoms with van der Waals surface area (Å²) in [5.74, 6) is -1.28. The summed E-state index contributed by atoms with van der Waals surface area (Å²) >= 11 is 6.67. The molecule has 0 radical (unpaired) electrons. The number of primary amides is 1. The highest BCUT2D eigenvalue weighted by Crippen LogP contribution is 2.49. The van der Waals surface area contributed by atoms with Gasteiger partial charge < -0.3 is 30.6 Å². The molecular formula is C29H29ClFN3O5. The van der Waals surface area contributed by atoms with Gasteiger partial charge in [-0.25, -0.2) is 4.39 Å². The van der Waals surface area contributed by atoms with Gasteiger partial charge in [0.2, 0.25) is 11.8 Å². The first kappa shape index (κ1) is 26.9. The van der Waals surface area contributed by atoms with Gasteiger partial charge in [0.05, 0.1) is 18.7 Å². The van der Waals surface area contributed by atoms with Crippen LogP contribution < -0.4 is 20.9 Å². The Morgan fingerprint density at radius 1 is 1.15 bits per heavy atom. The Labute approximate surface area is 230 Å². The van der Waals surface area contributed by atoms with Gasteiger partial charge in [0.15, 0.2) is 17.2 Å². The van der Waals surface area contributed by atoms with E-state index in [2.05, 4.69) is 0 Å². The number of rotatable bonds is 7. The van der Waals surface area contributed by atoms with Crippen LogP contribution in [0.5, 0.6) is 11.5 Å². The van der Waals surface area contributed by atoms with E-state index in [-0.39, 0.29) is 41.0 Å². The summed E-state index contributed by atoms with van der Waals surface area (Å²) in [6.07, 6.45) is -0.131. The molecule has 1 saturated heterocycles. The third-order valence-electron chi connectivity index (χ3n) is 7.25. The molecule has 39 heavy (non-hydrogen) atoms. The number of halogens is 2. The number of hydrogen-bond donors (Lipinski definition) is 2. The lowest BCUT2D eigenvalue weighted by atomic mass is 9.85. The summed E-state index contributed by atoms with van der Waals surface area (Å²) < 4.78 is 34.1. The zero-order chi connectivity index (χ0) is 27.7. The molecule has 0 spiro atoms. The van der Waals surface area contributed by atoms with Crippen molar-refractivity contribution >= 4 is 23.4 Å². The Bertz CT molecular complexity index is 1420. The number of hydrogen-bond acceptors (Lipinski definition) is 6. The molecular weight excluding hydrogens is 525 g/mol. The largest absolute Gasteiger partial charge is 0.488 e. The fourth-order valence-corrected chi connectivity index (χ4v) is 5.49. The van der Waals surface area contributed by atoms with Gasteiger partial charge in [-0.3, -0.25) is 9.59 Å². The summed E-state index contributed by atoms with van der Waals surface area (Å²) in [6, 6.07) is 15.6. The lowest BCUT2D eigenvalue weighted by Gasteiger charge is -2.32. The maximum Gasteiger partial charge on any atom is 0.249 e. The minimum absolute atomic E-state index is 0.00406. The van der Waals surface area contributed by atoms with E-state index in [1.807, 2.05) is 30.3 Å². The molecule has 0 saturated carbocycles. The van der Waals surface area contributed by atoms with E-state index >= 15 is 4.39 Å². The van der Waals surface area contributed by atoms with Gasteiger partial charge in [-0.05, 0) is 29.8 Å². The van der Waals surface area contributed by atoms with Crippen LogP contribution in [-0.2, 0) is 21.6 Å². The SMILES string of the molecule is CC(=O)N1CCOC(COc2ccc(C(N)=O)c(-c3c(Cl)ccc4c3C[C@@](CN)(c3ccccc3)O4)c2F)C1. The van der Waals surface area contributed by atoms with Crippen LogP contribution >= 0.6 is 11.6 Å². The molecule has 2 heterocycles. The van der Waals surface area contributed by atoms with E-state index in [1.54, 1.807) is 17.0 Å². The number of carbonyl (C=O) groups is 2. The van der Waals surface area contributed by atoms with E-state index in [4.69, 9.17) is 37.3 Å². The second-order valence-corrected chi connectivity index (χ2v) is 10.1. The fraction of sp³-hybridized carbons (Fsp3) is 0.310. The third-order valence-corrected chi connectivity index (χ3v) is 7.56. The number of nitrogens with two attached hydrogens (primary N) is 2. The van der Waals surface area contributed by atoms with Crippen molar-refractivity contribution in [3.8, 4) is 22.6 Å². The van der Waals surface area contributed by atoms with E-state index in [0.29, 0.717) is 43.0 Å². The first-order chi connectivity index (χ1) is 18.7. The molecule has 3 aromatic carbocycles. The number of nitrogens with zero attached hydrogens (tertiary/aromatic N) is 1. The first-order valence-electron chi connectivity index (χ1n) is 12.6. The Balaban J connectivity index is 1.53. The number of fused-ring (bicyclic) bond motifs is 1. The van der Waals surface area contributed by atoms with E-state index in [9.17, 15) is 9.59 Å². The van der Waals surface area contributed by atoms with Crippen molar-refractivity contribution in [2.24, 2.45) is 11.5 Å². The van der Waals surface area contributed by atoms with Crippen molar-refractivity contribution in [2.45, 2.75) is 25.0 Å². The topological polar surface area (TPSA) is 117 Å². The highest BCUT2D eigenvalue weighted by atomic mass is 35.5. The standard InChI is InChI=1S/C29H29ClFN3O5/c1-17(35)34-11-12-37-19(14-34)15-38-24-9-7-20(28(33)36)26(27(24)31)25-21-13-29(16-32,18-5-3-2-4-6-18)39-23(21)10-8-22(25)30/h2-10,19H,11-16,32H2,1H3,(H2,33,36)/t19?,29-/m1/s1. The summed E-state index contributed by atoms with van der Waals surface area (Å²) in [7, 11) is 0. The molecule has 1 fully saturated rings. The molecule has 10 heteroatoms. The van der Waals surface area contributed by atoms with Crippen LogP contribution in [0.2, 0.25) is 5.02 Å². The predicted octanol–water partition coefficient (Wildman–Crippen LogP) is 3.66. The van der Waals surface area contributed by atoms with E-state index in [0.717, 1.165) is 5.56 Å². The van der Waals surface area contributed by atoms with Crippen LogP contribution in [0.25, 0.3) is 11.1 Å². The molecule has 8 nitrogen and oxygen atoms in total. The Morgan fingerprint density at radius 2 is 1.92 bits per heavy atom. The summed E-state index contributed by atoms with van der Waals surface area (Å²) in [5, 5.41) is 0.226. The predicted molar refractivity (Wildman–Crippen MR) is 144 cm³/mol. The minimum Gasteiger partial charge on any atom is -0.488 e. The Kier molecular flexibility index (Phi) is 7.48. The zero-order valence-corrected chi connectivity index (χ0v) is 22.2. The van der Waals surface area contributed by atoms with Gasteiger partial charge in [0.1, 0.15) is 18.5 Å². The number of morpholine rings is 1. The van der Waals surface area contributed by atoms with E-state index in [1.165, 1.54) is 19.1 Å². The highest BCUT2D eigenvalue weighted by molar-refractivity contribution is 6.34. The van der Waals surface area contributed by atoms with Crippen LogP contribution in [0.4, 0.5) is 4.39 Å². The van der Waals surface area contributed by atoms with Gasteiger partial charge in [-0.15, -0.1) is 0 Å². The Morgan fingerprint density at radius 3 is 2.62 bits per heavy atom. The average Bonchev–Trinajstić information content (AvgIpc) is 3.33. The van der Waals surface area contributed by atoms with Crippen LogP contribution in [0.15, 0.2) is 54.6 Å². The monoisotopic (exact) mass is 553 g/mol. The highest BCUT2D eigenvalue weighted by Gasteiger charge is 2.42. The quantitative estimate of drug-likeness (QED) is 0.461. The number of amides is 2. The second kappa shape index (κ2) is 10.8. The lowest BCUT2D eigenvalue weighted by Crippen LogP contribution is -2.46. The van der Waals surface area contributed by atoms with Crippen LogP contribution in [-0.4, -0.2) is 55.7 Å². The smallest absolute Gasteiger partial charge is 0.249 e. The number of carbonyl (C=O) groups excluding carboxylic acids is 2. The van der Waals surface area contributed by atoms with Crippen molar-refractivity contribution in [1.82, 2.24) is 4.90 Å². The van der Waals surface area contributed by atoms with Gasteiger partial charge in [-0.2, -0.15) is 0 Å². The molecule has 4 N–H and O–H groups in total. The minimum atomic E-state index is -0.887. The molecule has 3 aromatic rings. The maximum atomic E-state index is 16.2. The number of ether oxygens (including phenoxy) is 3. The zero-order valence-electron chi connectivity index (χ0n) is 21.4. The van der Waals surface area contributed by atoms with Gasteiger partial charge >= 0.3 is 0 Å². The Hall–Kier alpha value is -3.66. The molecule has 204 valence electrons. The molecule has 2 aliphatic rings. The first-order valence-corrected chi connectivity index (χ1v) is 13.0. The average molecular weight is 554 g/mol. The molecule has 2 amide bonds. The van der Waals surface area contributed by atoms with Gasteiger partial charge in [-0.1, -0.05) is 41.9 Å². The van der Waals surface area contributed by atoms with Crippen LogP contribution in [0, 0.1) is 5.82 Å². The summed E-state index contributed by atoms with van der Waals surface area (Å²) in [6.45, 7) is 2.84. The molecule has 0 aromatic heterocycles. The molecule has 5 rings (SSSR count). The molecule has 2 atom stereocenters. The van der Waals surface area contributed by atoms with Crippen molar-refractivity contribution < 1.29 is 28.2 Å². The van der Waals surface area contributed by atoms with Crippen molar-refractivity contribution in [3.63, 3.8) is 0 Å². The van der Waals surface area contributed by atoms with Crippen molar-refractivity contribution in [2.75, 3.05) is 32.8 Å². The molecule has 0 aliphatic carbocycles. The fourth-order valence-electron chi connectivity index (χ4n) is 5.22. The van der Waals surface area contributed by atoms with Crippen LogP contribution in [0.3, 0.4) is 0 Å². The summed E-state index contributed by atoms with van der Waals surface area (Å²) in [4.78, 5) is 25.8. The molecule has 2 aliphatic heterocycles. The lowest BCUT2D eigenvalue weighted by molar-refractivity contribution is -0.137. The van der Waals surface area contributed by atoms with Crippen molar-refractivity contribution in [1.29, 1.82) is 0 Å². The number of benzene rings is 3. The van der Waals surface area contributed by atoms with Gasteiger partial charge in [0, 0.05) is 48.1 Å². The second-order valence-electron chi connectivity index (χ2n) is 9.68. The third kappa shape index (κ3) is 5.05. The normalized spacial score (nSPS) is 20.3. The van der Waals surface area contributed by atoms with Gasteiger partial charge in [0.25, 0.3) is 0 Å². The summed E-state index contributed by atoms with van der Waals surface area (Å²) in [5.41, 5.74) is 12.7. The van der Waals surface area contributed by atoms with Crippen LogP contribution in [0.1, 0.15) is 28.4 Å². The molecule has 1 unspecified atom stereocenters. The van der Waals surface area contributed by atoms with Crippen molar-refractivity contribution in [3.05, 3.63) is 82.1 Å². The maximum absolute atomic E-state index is 16.2. The molecule has 0 bridgehead atoms.